The Morgan fingerprint density at radius 3 is 2.93 bits per heavy atom. The fraction of sp³-hybridized carbons (Fsp3) is 0.625. The average molecular weight is 195 g/mol. The van der Waals surface area contributed by atoms with Crippen molar-refractivity contribution in [3.05, 3.63) is 5.82 Å². The first-order valence-electron chi connectivity index (χ1n) is 4.65. The molecule has 6 nitrogen and oxygen atoms in total. The van der Waals surface area contributed by atoms with Crippen LogP contribution in [-0.2, 0) is 0 Å². The Kier molecular flexibility index (Phi) is 2.11. The maximum atomic E-state index is 11.5. The van der Waals surface area contributed by atoms with Gasteiger partial charge in [0.15, 0.2) is 0 Å². The number of aromatic amines is 1. The molecule has 4 N–H and O–H groups in total. The van der Waals surface area contributed by atoms with Crippen LogP contribution in [-0.4, -0.2) is 27.1 Å². The summed E-state index contributed by atoms with van der Waals surface area (Å²) >= 11 is 0. The summed E-state index contributed by atoms with van der Waals surface area (Å²) < 4.78 is 0. The lowest BCUT2D eigenvalue weighted by atomic mass is 10.2. The van der Waals surface area contributed by atoms with E-state index >= 15 is 0 Å². The lowest BCUT2D eigenvalue weighted by Crippen LogP contribution is -2.34. The van der Waals surface area contributed by atoms with Gasteiger partial charge in [0.1, 0.15) is 0 Å². The van der Waals surface area contributed by atoms with Crippen molar-refractivity contribution in [2.24, 2.45) is 5.92 Å². The molecule has 1 amide bonds. The molecule has 2 rings (SSSR count). The highest BCUT2D eigenvalue weighted by molar-refractivity contribution is 5.90. The molecule has 1 fully saturated rings. The number of H-pyrrole nitrogens is 1. The Labute approximate surface area is 81.3 Å². The predicted molar refractivity (Wildman–Crippen MR) is 50.4 cm³/mol. The van der Waals surface area contributed by atoms with Gasteiger partial charge in [-0.3, -0.25) is 9.89 Å². The number of carbonyl (C=O) groups is 1. The van der Waals surface area contributed by atoms with E-state index in [-0.39, 0.29) is 23.7 Å². The highest BCUT2D eigenvalue weighted by Crippen LogP contribution is 2.32. The molecule has 1 aliphatic carbocycles. The van der Waals surface area contributed by atoms with Crippen LogP contribution in [0.4, 0.5) is 5.95 Å². The van der Waals surface area contributed by atoms with Crippen LogP contribution >= 0.6 is 0 Å². The molecule has 14 heavy (non-hydrogen) atoms. The van der Waals surface area contributed by atoms with Crippen LogP contribution in [0.15, 0.2) is 0 Å². The summed E-state index contributed by atoms with van der Waals surface area (Å²) in [6.45, 7) is 2.00. The van der Waals surface area contributed by atoms with Crippen molar-refractivity contribution >= 4 is 11.9 Å². The number of hydrogen-bond acceptors (Lipinski definition) is 4. The van der Waals surface area contributed by atoms with Crippen molar-refractivity contribution in [2.75, 3.05) is 5.73 Å². The fourth-order valence-electron chi connectivity index (χ4n) is 1.37. The van der Waals surface area contributed by atoms with E-state index in [9.17, 15) is 4.79 Å². The normalized spacial score (nSPS) is 17.8. The van der Waals surface area contributed by atoms with Gasteiger partial charge in [0.2, 0.25) is 11.8 Å². The van der Waals surface area contributed by atoms with Gasteiger partial charge in [-0.15, -0.1) is 5.10 Å². The summed E-state index contributed by atoms with van der Waals surface area (Å²) in [6.07, 6.45) is 2.39. The second-order valence-electron chi connectivity index (χ2n) is 3.64. The number of carbonyl (C=O) groups excluding carboxylic acids is 1. The number of amides is 1. The zero-order chi connectivity index (χ0) is 10.1. The van der Waals surface area contributed by atoms with Crippen molar-refractivity contribution in [2.45, 2.75) is 25.8 Å². The van der Waals surface area contributed by atoms with Crippen LogP contribution in [0.1, 0.15) is 30.4 Å². The van der Waals surface area contributed by atoms with Gasteiger partial charge >= 0.3 is 0 Å². The van der Waals surface area contributed by atoms with Gasteiger partial charge in [0, 0.05) is 6.04 Å². The number of aromatic nitrogens is 3. The van der Waals surface area contributed by atoms with E-state index < -0.39 is 0 Å². The first kappa shape index (κ1) is 8.98. The fourth-order valence-corrected chi connectivity index (χ4v) is 1.37. The molecule has 76 valence electrons. The third-order valence-corrected chi connectivity index (χ3v) is 2.41. The minimum Gasteiger partial charge on any atom is -0.366 e. The number of anilines is 1. The van der Waals surface area contributed by atoms with Gasteiger partial charge in [-0.1, -0.05) is 0 Å². The third kappa shape index (κ3) is 1.84. The van der Waals surface area contributed by atoms with Gasteiger partial charge < -0.3 is 11.1 Å². The van der Waals surface area contributed by atoms with E-state index in [0.717, 1.165) is 0 Å². The highest BCUT2D eigenvalue weighted by Gasteiger charge is 2.29. The van der Waals surface area contributed by atoms with Crippen LogP contribution in [0.5, 0.6) is 0 Å². The zero-order valence-corrected chi connectivity index (χ0v) is 7.95. The predicted octanol–water partition coefficient (Wildman–Crippen LogP) is -0.0848. The summed E-state index contributed by atoms with van der Waals surface area (Å²) in [5.41, 5.74) is 5.29. The summed E-state index contributed by atoms with van der Waals surface area (Å²) in [5, 5.41) is 8.90. The molecule has 0 aliphatic heterocycles. The molecule has 1 aliphatic rings. The molecule has 0 aromatic carbocycles. The van der Waals surface area contributed by atoms with Crippen LogP contribution in [0, 0.1) is 5.92 Å². The van der Waals surface area contributed by atoms with Gasteiger partial charge in [-0.25, -0.2) is 0 Å². The molecule has 1 atom stereocenters. The number of hydrogen-bond donors (Lipinski definition) is 3. The maximum absolute atomic E-state index is 11.5. The van der Waals surface area contributed by atoms with E-state index in [1.54, 1.807) is 0 Å². The molecule has 1 heterocycles. The molecular formula is C8H13N5O. The summed E-state index contributed by atoms with van der Waals surface area (Å²) in [4.78, 5) is 15.2. The number of nitrogen functional groups attached to an aromatic ring is 1. The first-order chi connectivity index (χ1) is 6.66. The number of rotatable bonds is 3. The molecule has 0 saturated heterocycles. The molecular weight excluding hydrogens is 182 g/mol. The number of nitrogens with zero attached hydrogens (tertiary/aromatic N) is 2. The Balaban J connectivity index is 1.94. The van der Waals surface area contributed by atoms with E-state index in [2.05, 4.69) is 20.5 Å². The number of nitrogens with two attached hydrogens (primary N) is 1. The Hall–Kier alpha value is -1.59. The SMILES string of the molecule is CC(NC(=O)c1nc(N)n[nH]1)C1CC1. The molecule has 0 spiro atoms. The zero-order valence-electron chi connectivity index (χ0n) is 7.95. The van der Waals surface area contributed by atoms with Crippen LogP contribution < -0.4 is 11.1 Å². The summed E-state index contributed by atoms with van der Waals surface area (Å²) in [6, 6.07) is 0.203. The molecule has 6 heteroatoms. The average Bonchev–Trinajstić information content (AvgIpc) is 2.89. The second kappa shape index (κ2) is 3.28. The highest BCUT2D eigenvalue weighted by atomic mass is 16.2. The van der Waals surface area contributed by atoms with Crippen LogP contribution in [0.25, 0.3) is 0 Å². The second-order valence-corrected chi connectivity index (χ2v) is 3.64. The Bertz CT molecular complexity index is 343. The van der Waals surface area contributed by atoms with Gasteiger partial charge in [0.05, 0.1) is 0 Å². The first-order valence-corrected chi connectivity index (χ1v) is 4.65. The van der Waals surface area contributed by atoms with E-state index in [1.165, 1.54) is 12.8 Å². The van der Waals surface area contributed by atoms with E-state index in [1.807, 2.05) is 6.92 Å². The molecule has 1 aromatic rings. The Morgan fingerprint density at radius 1 is 1.71 bits per heavy atom. The number of nitrogens with one attached hydrogen (secondary N) is 2. The molecule has 1 saturated carbocycles. The molecule has 0 bridgehead atoms. The monoisotopic (exact) mass is 195 g/mol. The van der Waals surface area contributed by atoms with Crippen molar-refractivity contribution < 1.29 is 4.79 Å². The van der Waals surface area contributed by atoms with Crippen molar-refractivity contribution in [1.82, 2.24) is 20.5 Å². The van der Waals surface area contributed by atoms with Gasteiger partial charge in [-0.05, 0) is 25.7 Å². The maximum Gasteiger partial charge on any atom is 0.288 e. The lowest BCUT2D eigenvalue weighted by Gasteiger charge is -2.10. The molecule has 1 unspecified atom stereocenters. The standard InChI is InChI=1S/C8H13N5O/c1-4(5-2-3-5)10-7(14)6-11-8(9)13-12-6/h4-5H,2-3H2,1H3,(H,10,14)(H3,9,11,12,13). The van der Waals surface area contributed by atoms with Crippen LogP contribution in [0.2, 0.25) is 0 Å². The topological polar surface area (TPSA) is 96.7 Å². The van der Waals surface area contributed by atoms with E-state index in [0.29, 0.717) is 5.92 Å². The molecule has 0 radical (unpaired) electrons. The Morgan fingerprint density at radius 2 is 2.43 bits per heavy atom. The summed E-state index contributed by atoms with van der Waals surface area (Å²) in [7, 11) is 0. The minimum atomic E-state index is -0.242. The smallest absolute Gasteiger partial charge is 0.288 e. The van der Waals surface area contributed by atoms with Crippen LogP contribution in [0.3, 0.4) is 0 Å². The van der Waals surface area contributed by atoms with E-state index in [4.69, 9.17) is 5.73 Å². The largest absolute Gasteiger partial charge is 0.366 e. The van der Waals surface area contributed by atoms with Crippen molar-refractivity contribution in [3.8, 4) is 0 Å². The third-order valence-electron chi connectivity index (χ3n) is 2.41. The molecule has 1 aromatic heterocycles. The lowest BCUT2D eigenvalue weighted by molar-refractivity contribution is 0.0926. The van der Waals surface area contributed by atoms with Crippen molar-refractivity contribution in [1.29, 1.82) is 0 Å². The van der Waals surface area contributed by atoms with Gasteiger partial charge in [0.25, 0.3) is 5.91 Å². The van der Waals surface area contributed by atoms with Gasteiger partial charge in [-0.2, -0.15) is 4.98 Å². The summed E-state index contributed by atoms with van der Waals surface area (Å²) in [5.74, 6) is 0.650. The van der Waals surface area contributed by atoms with Crippen molar-refractivity contribution in [3.63, 3.8) is 0 Å². The minimum absolute atomic E-state index is 0.0919. The quantitative estimate of drug-likeness (QED) is 0.628.